The van der Waals surface area contributed by atoms with Crippen molar-refractivity contribution in [2.24, 2.45) is 0 Å². The van der Waals surface area contributed by atoms with Crippen LogP contribution in [0.15, 0.2) is 51.8 Å². The van der Waals surface area contributed by atoms with Gasteiger partial charge in [0.2, 0.25) is 0 Å². The lowest BCUT2D eigenvalue weighted by Crippen LogP contribution is -2.54. The molecule has 2 aromatic rings. The van der Waals surface area contributed by atoms with Crippen molar-refractivity contribution in [3.63, 3.8) is 0 Å². The predicted octanol–water partition coefficient (Wildman–Crippen LogP) is 0.367. The highest BCUT2D eigenvalue weighted by Gasteiger charge is 2.23. The molecule has 2 heterocycles. The Morgan fingerprint density at radius 3 is 2.17 bits per heavy atom. The van der Waals surface area contributed by atoms with Gasteiger partial charge in [-0.15, -0.1) is 13.2 Å². The Hall–Kier alpha value is -3.73. The summed E-state index contributed by atoms with van der Waals surface area (Å²) in [5.41, 5.74) is -2.04. The van der Waals surface area contributed by atoms with E-state index in [2.05, 4.69) is 13.2 Å². The van der Waals surface area contributed by atoms with Crippen molar-refractivity contribution in [3.8, 4) is 5.75 Å². The minimum atomic E-state index is -0.854. The maximum absolute atomic E-state index is 12.8. The highest BCUT2D eigenvalue weighted by molar-refractivity contribution is 5.50. The van der Waals surface area contributed by atoms with E-state index in [4.69, 9.17) is 9.47 Å². The van der Waals surface area contributed by atoms with E-state index in [0.29, 0.717) is 11.3 Å². The molecule has 0 saturated carbocycles. The van der Waals surface area contributed by atoms with Gasteiger partial charge in [-0.2, -0.15) is 0 Å². The van der Waals surface area contributed by atoms with Gasteiger partial charge in [0, 0.05) is 23.3 Å². The van der Waals surface area contributed by atoms with Gasteiger partial charge in [-0.1, -0.05) is 12.2 Å². The molecular weight excluding hydrogens is 384 g/mol. The van der Waals surface area contributed by atoms with Gasteiger partial charge >= 0.3 is 17.1 Å². The van der Waals surface area contributed by atoms with E-state index in [0.717, 1.165) is 13.7 Å². The number of rotatable bonds is 7. The molecule has 11 nitrogen and oxygen atoms in total. The normalized spacial score (nSPS) is 12.7. The van der Waals surface area contributed by atoms with E-state index in [9.17, 15) is 24.5 Å². The molecule has 0 atom stereocenters. The third-order valence-corrected chi connectivity index (χ3v) is 4.32. The van der Waals surface area contributed by atoms with Crippen molar-refractivity contribution in [2.45, 2.75) is 26.2 Å². The molecule has 0 saturated heterocycles. The van der Waals surface area contributed by atoms with Crippen LogP contribution in [0.2, 0.25) is 0 Å². The predicted molar refractivity (Wildman–Crippen MR) is 102 cm³/mol. The minimum absolute atomic E-state index is 0.0661. The standard InChI is InChI=1S/C18H18N4O7/c1-3-5-19-16(23)20(6-4-2)18(25)21(17(19)24)9-12-7-14(22(26)27)8-13-10-28-11-29-15(12)13/h3-4,7-8H,1-2,5-6,9-11H2. The number of hydrogen-bond donors (Lipinski definition) is 0. The quantitative estimate of drug-likeness (QED) is 0.372. The van der Waals surface area contributed by atoms with E-state index in [1.165, 1.54) is 24.3 Å². The Morgan fingerprint density at radius 1 is 1.03 bits per heavy atom. The lowest BCUT2D eigenvalue weighted by Gasteiger charge is -2.21. The molecule has 1 aromatic heterocycles. The molecule has 0 fully saturated rings. The second kappa shape index (κ2) is 8.10. The number of nitro groups is 1. The molecule has 0 unspecified atom stereocenters. The summed E-state index contributed by atoms with van der Waals surface area (Å²) in [7, 11) is 0. The van der Waals surface area contributed by atoms with Crippen LogP contribution < -0.4 is 21.8 Å². The first-order chi connectivity index (χ1) is 13.9. The Bertz CT molecular complexity index is 1120. The molecule has 152 valence electrons. The van der Waals surface area contributed by atoms with E-state index in [-0.39, 0.29) is 44.3 Å². The summed E-state index contributed by atoms with van der Waals surface area (Å²) in [6, 6.07) is 2.55. The molecule has 29 heavy (non-hydrogen) atoms. The smallest absolute Gasteiger partial charge is 0.336 e. The Morgan fingerprint density at radius 2 is 1.62 bits per heavy atom. The maximum atomic E-state index is 12.8. The average Bonchev–Trinajstić information content (AvgIpc) is 2.71. The van der Waals surface area contributed by atoms with Gasteiger partial charge in [0.1, 0.15) is 5.75 Å². The zero-order chi connectivity index (χ0) is 21.1. The molecular formula is C18H18N4O7. The van der Waals surface area contributed by atoms with Crippen molar-refractivity contribution in [2.75, 3.05) is 6.79 Å². The summed E-state index contributed by atoms with van der Waals surface area (Å²) in [4.78, 5) is 48.7. The summed E-state index contributed by atoms with van der Waals surface area (Å²) in [6.45, 7) is 6.52. The lowest BCUT2D eigenvalue weighted by molar-refractivity contribution is -0.385. The van der Waals surface area contributed by atoms with Crippen molar-refractivity contribution in [1.29, 1.82) is 0 Å². The number of benzene rings is 1. The number of non-ortho nitro benzene ring substituents is 1. The number of allylic oxidation sites excluding steroid dienone is 2. The highest BCUT2D eigenvalue weighted by Crippen LogP contribution is 2.32. The van der Waals surface area contributed by atoms with Crippen LogP contribution in [0, 0.1) is 10.1 Å². The molecule has 3 rings (SSSR count). The van der Waals surface area contributed by atoms with Crippen LogP contribution in [0.5, 0.6) is 5.75 Å². The van der Waals surface area contributed by atoms with Crippen LogP contribution in [0.25, 0.3) is 0 Å². The van der Waals surface area contributed by atoms with Gasteiger partial charge in [-0.3, -0.25) is 10.1 Å². The number of hydrogen-bond acceptors (Lipinski definition) is 7. The maximum Gasteiger partial charge on any atom is 0.336 e. The van der Waals surface area contributed by atoms with Crippen LogP contribution in [-0.4, -0.2) is 25.4 Å². The van der Waals surface area contributed by atoms with Crippen LogP contribution >= 0.6 is 0 Å². The summed E-state index contributed by atoms with van der Waals surface area (Å²) >= 11 is 0. The van der Waals surface area contributed by atoms with Crippen molar-refractivity contribution in [1.82, 2.24) is 13.7 Å². The van der Waals surface area contributed by atoms with Crippen LogP contribution in [0.1, 0.15) is 11.1 Å². The number of fused-ring (bicyclic) bond motifs is 1. The fourth-order valence-corrected chi connectivity index (χ4v) is 3.06. The van der Waals surface area contributed by atoms with Crippen LogP contribution in [-0.2, 0) is 31.0 Å². The molecule has 0 aliphatic carbocycles. The van der Waals surface area contributed by atoms with E-state index >= 15 is 0 Å². The minimum Gasteiger partial charge on any atom is -0.467 e. The van der Waals surface area contributed by atoms with Crippen molar-refractivity contribution in [3.05, 3.63) is 90.1 Å². The fraction of sp³-hybridized carbons (Fsp3) is 0.278. The number of ether oxygens (including phenoxy) is 2. The first-order valence-corrected chi connectivity index (χ1v) is 8.56. The molecule has 0 bridgehead atoms. The summed E-state index contributed by atoms with van der Waals surface area (Å²) in [6.07, 6.45) is 2.71. The molecule has 0 amide bonds. The summed E-state index contributed by atoms with van der Waals surface area (Å²) in [5, 5.41) is 11.3. The Balaban J connectivity index is 2.24. The monoisotopic (exact) mass is 402 g/mol. The molecule has 0 radical (unpaired) electrons. The second-order valence-electron chi connectivity index (χ2n) is 6.19. The number of nitro benzene ring substituents is 1. The van der Waals surface area contributed by atoms with Gasteiger partial charge < -0.3 is 9.47 Å². The zero-order valence-corrected chi connectivity index (χ0v) is 15.4. The average molecular weight is 402 g/mol. The van der Waals surface area contributed by atoms with E-state index in [1.54, 1.807) is 0 Å². The van der Waals surface area contributed by atoms with Gasteiger partial charge in [-0.05, 0) is 0 Å². The Kier molecular flexibility index (Phi) is 5.59. The highest BCUT2D eigenvalue weighted by atomic mass is 16.7. The summed E-state index contributed by atoms with van der Waals surface area (Å²) < 4.78 is 13.1. The molecule has 1 aliphatic heterocycles. The van der Waals surface area contributed by atoms with Gasteiger partial charge in [0.25, 0.3) is 5.69 Å². The number of aromatic nitrogens is 3. The SMILES string of the molecule is C=CCn1c(=O)n(CC=C)c(=O)n(Cc2cc([N+](=O)[O-])cc3c2OCOC3)c1=O. The third-order valence-electron chi connectivity index (χ3n) is 4.32. The zero-order valence-electron chi connectivity index (χ0n) is 15.4. The third kappa shape index (κ3) is 3.67. The van der Waals surface area contributed by atoms with Gasteiger partial charge in [0.15, 0.2) is 6.79 Å². The molecule has 0 spiro atoms. The largest absolute Gasteiger partial charge is 0.467 e. The molecule has 11 heteroatoms. The molecule has 1 aliphatic rings. The van der Waals surface area contributed by atoms with Gasteiger partial charge in [-0.25, -0.2) is 28.1 Å². The fourth-order valence-electron chi connectivity index (χ4n) is 3.06. The van der Waals surface area contributed by atoms with Crippen molar-refractivity contribution >= 4 is 5.69 Å². The van der Waals surface area contributed by atoms with Crippen LogP contribution in [0.3, 0.4) is 0 Å². The molecule has 0 N–H and O–H groups in total. The van der Waals surface area contributed by atoms with E-state index < -0.39 is 22.0 Å². The molecule has 1 aromatic carbocycles. The van der Waals surface area contributed by atoms with E-state index in [1.807, 2.05) is 0 Å². The topological polar surface area (TPSA) is 128 Å². The van der Waals surface area contributed by atoms with Crippen molar-refractivity contribution < 1.29 is 14.4 Å². The lowest BCUT2D eigenvalue weighted by atomic mass is 10.1. The number of nitrogens with zero attached hydrogens (tertiary/aromatic N) is 4. The Labute approximate surface area is 163 Å². The summed E-state index contributed by atoms with van der Waals surface area (Å²) in [5.74, 6) is 0.310. The second-order valence-corrected chi connectivity index (χ2v) is 6.19. The first-order valence-electron chi connectivity index (χ1n) is 8.56. The van der Waals surface area contributed by atoms with Crippen LogP contribution in [0.4, 0.5) is 5.69 Å². The first kappa shape index (κ1) is 20.0. The van der Waals surface area contributed by atoms with Gasteiger partial charge in [0.05, 0.1) is 31.2 Å².